The van der Waals surface area contributed by atoms with Crippen LogP contribution in [0.2, 0.25) is 0 Å². The topological polar surface area (TPSA) is 72.9 Å². The number of benzene rings is 2. The van der Waals surface area contributed by atoms with Crippen LogP contribution in [0.25, 0.3) is 0 Å². The molecule has 2 aliphatic rings. The van der Waals surface area contributed by atoms with Gasteiger partial charge in [0.1, 0.15) is 0 Å². The number of sulfone groups is 1. The normalized spacial score (nSPS) is 19.3. The van der Waals surface area contributed by atoms with Crippen molar-refractivity contribution in [2.24, 2.45) is 0 Å². The average Bonchev–Trinajstić information content (AvgIpc) is 3.19. The zero-order valence-electron chi connectivity index (χ0n) is 15.0. The SMILES string of the molecule is Cc1cc(C)cc(N(C(=O)c2ccc3c(c2)OCO3)[C@H]2C=CS(=O)(=O)C2)c1. The second kappa shape index (κ2) is 6.42. The summed E-state index contributed by atoms with van der Waals surface area (Å²) in [4.78, 5) is 14.9. The monoisotopic (exact) mass is 385 g/mol. The Hall–Kier alpha value is -2.80. The smallest absolute Gasteiger partial charge is 0.258 e. The molecule has 0 saturated carbocycles. The van der Waals surface area contributed by atoms with Crippen LogP contribution in [0.5, 0.6) is 11.5 Å². The molecule has 0 aliphatic carbocycles. The predicted molar refractivity (Wildman–Crippen MR) is 102 cm³/mol. The molecule has 0 radical (unpaired) electrons. The maximum atomic E-state index is 13.4. The van der Waals surface area contributed by atoms with Crippen molar-refractivity contribution in [1.82, 2.24) is 0 Å². The molecule has 27 heavy (non-hydrogen) atoms. The molecular weight excluding hydrogens is 366 g/mol. The Labute approximate surface area is 157 Å². The van der Waals surface area contributed by atoms with Crippen LogP contribution in [0.15, 0.2) is 47.9 Å². The Morgan fingerprint density at radius 2 is 1.74 bits per heavy atom. The van der Waals surface area contributed by atoms with Crippen LogP contribution >= 0.6 is 0 Å². The van der Waals surface area contributed by atoms with Crippen molar-refractivity contribution in [3.8, 4) is 11.5 Å². The van der Waals surface area contributed by atoms with Crippen molar-refractivity contribution in [2.75, 3.05) is 17.4 Å². The van der Waals surface area contributed by atoms with Crippen LogP contribution in [0, 0.1) is 13.8 Å². The van der Waals surface area contributed by atoms with Gasteiger partial charge in [0.2, 0.25) is 6.79 Å². The van der Waals surface area contributed by atoms with Crippen molar-refractivity contribution >= 4 is 21.4 Å². The van der Waals surface area contributed by atoms with Crippen molar-refractivity contribution in [1.29, 1.82) is 0 Å². The summed E-state index contributed by atoms with van der Waals surface area (Å²) in [6.45, 7) is 4.01. The Morgan fingerprint density at radius 3 is 2.41 bits per heavy atom. The third-order valence-corrected chi connectivity index (χ3v) is 5.94. The van der Waals surface area contributed by atoms with Crippen LogP contribution < -0.4 is 14.4 Å². The lowest BCUT2D eigenvalue weighted by Crippen LogP contribution is -2.41. The number of nitrogens with zero attached hydrogens (tertiary/aromatic N) is 1. The van der Waals surface area contributed by atoms with Crippen molar-refractivity contribution in [3.05, 3.63) is 64.6 Å². The molecule has 0 bridgehead atoms. The predicted octanol–water partition coefficient (Wildman–Crippen LogP) is 2.99. The van der Waals surface area contributed by atoms with Gasteiger partial charge < -0.3 is 14.4 Å². The molecule has 2 aliphatic heterocycles. The van der Waals surface area contributed by atoms with Crippen LogP contribution in [-0.4, -0.2) is 32.9 Å². The van der Waals surface area contributed by atoms with Gasteiger partial charge in [-0.25, -0.2) is 8.42 Å². The summed E-state index contributed by atoms with van der Waals surface area (Å²) in [6.07, 6.45) is 1.57. The van der Waals surface area contributed by atoms with Gasteiger partial charge in [-0.15, -0.1) is 0 Å². The maximum absolute atomic E-state index is 13.4. The zero-order valence-corrected chi connectivity index (χ0v) is 15.8. The van der Waals surface area contributed by atoms with Crippen molar-refractivity contribution in [2.45, 2.75) is 19.9 Å². The minimum atomic E-state index is -3.31. The van der Waals surface area contributed by atoms with Crippen LogP contribution in [-0.2, 0) is 9.84 Å². The number of anilines is 1. The summed E-state index contributed by atoms with van der Waals surface area (Å²) >= 11 is 0. The molecule has 2 aromatic rings. The molecule has 1 amide bonds. The van der Waals surface area contributed by atoms with Gasteiger partial charge in [-0.1, -0.05) is 6.07 Å². The van der Waals surface area contributed by atoms with Crippen molar-refractivity contribution < 1.29 is 22.7 Å². The molecular formula is C20H19NO5S. The number of hydrogen-bond acceptors (Lipinski definition) is 5. The zero-order chi connectivity index (χ0) is 19.2. The molecule has 0 spiro atoms. The molecule has 1 atom stereocenters. The van der Waals surface area contributed by atoms with Crippen LogP contribution in [0.1, 0.15) is 21.5 Å². The molecule has 7 heteroatoms. The summed E-state index contributed by atoms with van der Waals surface area (Å²) in [6, 6.07) is 10.2. The molecule has 0 saturated heterocycles. The van der Waals surface area contributed by atoms with E-state index in [1.165, 1.54) is 5.41 Å². The fraction of sp³-hybridized carbons (Fsp3) is 0.250. The van der Waals surface area contributed by atoms with E-state index in [2.05, 4.69) is 0 Å². The number of ether oxygens (including phenoxy) is 2. The van der Waals surface area contributed by atoms with Crippen LogP contribution in [0.3, 0.4) is 0 Å². The lowest BCUT2D eigenvalue weighted by molar-refractivity contribution is 0.0982. The first-order valence-electron chi connectivity index (χ1n) is 8.55. The first-order chi connectivity index (χ1) is 12.8. The number of fused-ring (bicyclic) bond motifs is 1. The fourth-order valence-corrected chi connectivity index (χ4v) is 4.71. The third kappa shape index (κ3) is 3.42. The molecule has 2 aromatic carbocycles. The largest absolute Gasteiger partial charge is 0.454 e. The molecule has 4 rings (SSSR count). The van der Waals surface area contributed by atoms with E-state index in [9.17, 15) is 13.2 Å². The van der Waals surface area contributed by atoms with Gasteiger partial charge in [0.05, 0.1) is 11.8 Å². The highest BCUT2D eigenvalue weighted by Crippen LogP contribution is 2.34. The lowest BCUT2D eigenvalue weighted by atomic mass is 10.1. The highest BCUT2D eigenvalue weighted by molar-refractivity contribution is 7.94. The van der Waals surface area contributed by atoms with E-state index in [0.29, 0.717) is 22.7 Å². The second-order valence-electron chi connectivity index (χ2n) is 6.81. The molecule has 0 aromatic heterocycles. The molecule has 0 fully saturated rings. The van der Waals surface area contributed by atoms with Gasteiger partial charge in [0, 0.05) is 16.7 Å². The number of carbonyl (C=O) groups excluding carboxylic acids is 1. The number of aryl methyl sites for hydroxylation is 2. The lowest BCUT2D eigenvalue weighted by Gasteiger charge is -2.28. The van der Waals surface area contributed by atoms with E-state index < -0.39 is 15.9 Å². The van der Waals surface area contributed by atoms with E-state index in [1.54, 1.807) is 29.2 Å². The van der Waals surface area contributed by atoms with Gasteiger partial charge in [-0.3, -0.25) is 4.79 Å². The Balaban J connectivity index is 1.78. The highest BCUT2D eigenvalue weighted by atomic mass is 32.2. The summed E-state index contributed by atoms with van der Waals surface area (Å²) in [5.74, 6) is 0.685. The third-order valence-electron chi connectivity index (χ3n) is 4.57. The second-order valence-corrected chi connectivity index (χ2v) is 8.75. The maximum Gasteiger partial charge on any atom is 0.258 e. The number of hydrogen-bond donors (Lipinski definition) is 0. The average molecular weight is 385 g/mol. The number of amides is 1. The van der Waals surface area contributed by atoms with Gasteiger partial charge >= 0.3 is 0 Å². The summed E-state index contributed by atoms with van der Waals surface area (Å²) in [5.41, 5.74) is 3.08. The fourth-order valence-electron chi connectivity index (χ4n) is 3.44. The Morgan fingerprint density at radius 1 is 1.04 bits per heavy atom. The highest BCUT2D eigenvalue weighted by Gasteiger charge is 2.32. The minimum Gasteiger partial charge on any atom is -0.454 e. The number of carbonyl (C=O) groups is 1. The van der Waals surface area contributed by atoms with E-state index in [0.717, 1.165) is 11.1 Å². The molecule has 6 nitrogen and oxygen atoms in total. The Bertz CT molecular complexity index is 1040. The van der Waals surface area contributed by atoms with Crippen molar-refractivity contribution in [3.63, 3.8) is 0 Å². The van der Waals surface area contributed by atoms with Gasteiger partial charge in [-0.2, -0.15) is 0 Å². The molecule has 0 unspecified atom stereocenters. The van der Waals surface area contributed by atoms with E-state index in [1.807, 2.05) is 32.0 Å². The van der Waals surface area contributed by atoms with E-state index in [-0.39, 0.29) is 18.5 Å². The van der Waals surface area contributed by atoms with E-state index >= 15 is 0 Å². The summed E-state index contributed by atoms with van der Waals surface area (Å²) in [7, 11) is -3.31. The van der Waals surface area contributed by atoms with Gasteiger partial charge in [0.15, 0.2) is 21.3 Å². The van der Waals surface area contributed by atoms with Gasteiger partial charge in [-0.05, 0) is 61.4 Å². The van der Waals surface area contributed by atoms with Gasteiger partial charge in [0.25, 0.3) is 5.91 Å². The number of rotatable bonds is 3. The first kappa shape index (κ1) is 17.6. The van der Waals surface area contributed by atoms with Crippen LogP contribution in [0.4, 0.5) is 5.69 Å². The summed E-state index contributed by atoms with van der Waals surface area (Å²) < 4.78 is 34.6. The summed E-state index contributed by atoms with van der Waals surface area (Å²) in [5, 5.41) is 1.18. The quantitative estimate of drug-likeness (QED) is 0.812. The van der Waals surface area contributed by atoms with E-state index in [4.69, 9.17) is 9.47 Å². The molecule has 0 N–H and O–H groups in total. The molecule has 140 valence electrons. The Kier molecular flexibility index (Phi) is 4.19. The first-order valence-corrected chi connectivity index (χ1v) is 10.3. The minimum absolute atomic E-state index is 0.122. The standard InChI is InChI=1S/C20H19NO5S/c1-13-7-14(2)9-17(8-13)21(16-5-6-27(23,24)11-16)20(22)15-3-4-18-19(10-15)26-12-25-18/h3-10,16H,11-12H2,1-2H3/t16-/m0/s1. The molecule has 2 heterocycles.